The number of amides is 2. The van der Waals surface area contributed by atoms with E-state index in [0.29, 0.717) is 19.6 Å². The van der Waals surface area contributed by atoms with Crippen molar-refractivity contribution in [2.45, 2.75) is 58.1 Å². The molecule has 2 aliphatic rings. The van der Waals surface area contributed by atoms with Crippen LogP contribution >= 0.6 is 0 Å². The smallest absolute Gasteiger partial charge is 0.410 e. The monoisotopic (exact) mass is 431 g/mol. The Morgan fingerprint density at radius 1 is 1.13 bits per heavy atom. The summed E-state index contributed by atoms with van der Waals surface area (Å²) in [5.74, 6) is 0.646. The van der Waals surface area contributed by atoms with Crippen LogP contribution in [0.4, 0.5) is 4.79 Å². The van der Waals surface area contributed by atoms with Gasteiger partial charge in [0.25, 0.3) is 0 Å². The van der Waals surface area contributed by atoms with Crippen LogP contribution < -0.4 is 10.1 Å². The molecule has 2 saturated heterocycles. The van der Waals surface area contributed by atoms with Crippen LogP contribution in [-0.4, -0.2) is 67.2 Å². The van der Waals surface area contributed by atoms with Crippen molar-refractivity contribution in [3.05, 3.63) is 29.8 Å². The Morgan fingerprint density at radius 3 is 2.52 bits per heavy atom. The van der Waals surface area contributed by atoms with Gasteiger partial charge < -0.3 is 19.7 Å². The third-order valence-electron chi connectivity index (χ3n) is 5.99. The number of hydrogen-bond donors (Lipinski definition) is 1. The van der Waals surface area contributed by atoms with Gasteiger partial charge in [0, 0.05) is 25.2 Å². The van der Waals surface area contributed by atoms with E-state index in [2.05, 4.69) is 16.3 Å². The fourth-order valence-corrected chi connectivity index (χ4v) is 4.46. The van der Waals surface area contributed by atoms with E-state index in [0.717, 1.165) is 37.2 Å². The van der Waals surface area contributed by atoms with Crippen LogP contribution in [0, 0.1) is 5.92 Å². The van der Waals surface area contributed by atoms with Gasteiger partial charge in [-0.1, -0.05) is 18.2 Å². The molecule has 2 fully saturated rings. The van der Waals surface area contributed by atoms with Crippen LogP contribution in [0.15, 0.2) is 24.3 Å². The van der Waals surface area contributed by atoms with Gasteiger partial charge >= 0.3 is 6.09 Å². The van der Waals surface area contributed by atoms with Crippen LogP contribution in [0.3, 0.4) is 0 Å². The molecule has 2 aliphatic heterocycles. The number of likely N-dealkylation sites (tertiary alicyclic amines) is 2. The fourth-order valence-electron chi connectivity index (χ4n) is 4.46. The van der Waals surface area contributed by atoms with Crippen molar-refractivity contribution in [3.8, 4) is 5.75 Å². The van der Waals surface area contributed by atoms with Crippen molar-refractivity contribution >= 4 is 12.0 Å². The average Bonchev–Trinajstić information content (AvgIpc) is 3.27. The Hall–Kier alpha value is -2.28. The van der Waals surface area contributed by atoms with Gasteiger partial charge in [0.15, 0.2) is 0 Å². The van der Waals surface area contributed by atoms with E-state index in [1.807, 2.05) is 39.0 Å². The van der Waals surface area contributed by atoms with E-state index in [1.54, 1.807) is 12.0 Å². The topological polar surface area (TPSA) is 71.1 Å². The molecule has 2 heterocycles. The third kappa shape index (κ3) is 6.35. The number of carbonyl (C=O) groups excluding carboxylic acids is 2. The highest BCUT2D eigenvalue weighted by atomic mass is 16.6. The highest BCUT2D eigenvalue weighted by Gasteiger charge is 2.32. The minimum Gasteiger partial charge on any atom is -0.496 e. The summed E-state index contributed by atoms with van der Waals surface area (Å²) in [5.41, 5.74) is 0.565. The van der Waals surface area contributed by atoms with Crippen molar-refractivity contribution in [2.24, 2.45) is 5.92 Å². The summed E-state index contributed by atoms with van der Waals surface area (Å²) < 4.78 is 11.1. The molecule has 2 unspecified atom stereocenters. The van der Waals surface area contributed by atoms with Gasteiger partial charge in [0.2, 0.25) is 5.91 Å². The predicted molar refractivity (Wildman–Crippen MR) is 120 cm³/mol. The van der Waals surface area contributed by atoms with E-state index in [9.17, 15) is 9.59 Å². The zero-order chi connectivity index (χ0) is 22.4. The minimum atomic E-state index is -0.538. The van der Waals surface area contributed by atoms with Gasteiger partial charge in [-0.05, 0) is 65.6 Å². The first kappa shape index (κ1) is 23.4. The highest BCUT2D eigenvalue weighted by Crippen LogP contribution is 2.31. The maximum Gasteiger partial charge on any atom is 0.410 e. The molecule has 1 aromatic rings. The largest absolute Gasteiger partial charge is 0.496 e. The molecule has 2 amide bonds. The molecule has 172 valence electrons. The maximum absolute atomic E-state index is 13.0. The first-order chi connectivity index (χ1) is 14.8. The quantitative estimate of drug-likeness (QED) is 0.745. The highest BCUT2D eigenvalue weighted by molar-refractivity contribution is 5.80. The number of ether oxygens (including phenoxy) is 2. The molecule has 7 nitrogen and oxygen atoms in total. The summed E-state index contributed by atoms with van der Waals surface area (Å²) in [6, 6.07) is 8.12. The molecular weight excluding hydrogens is 394 g/mol. The Labute approximate surface area is 186 Å². The van der Waals surface area contributed by atoms with Crippen molar-refractivity contribution in [1.82, 2.24) is 15.1 Å². The van der Waals surface area contributed by atoms with E-state index in [-0.39, 0.29) is 24.0 Å². The molecule has 3 rings (SSSR count). The Bertz CT molecular complexity index is 755. The van der Waals surface area contributed by atoms with Crippen molar-refractivity contribution < 1.29 is 19.1 Å². The predicted octanol–water partition coefficient (Wildman–Crippen LogP) is 3.60. The van der Waals surface area contributed by atoms with E-state index < -0.39 is 5.60 Å². The Morgan fingerprint density at radius 2 is 1.84 bits per heavy atom. The Kier molecular flexibility index (Phi) is 7.81. The second kappa shape index (κ2) is 10.4. The lowest BCUT2D eigenvalue weighted by Crippen LogP contribution is -2.48. The number of benzene rings is 1. The number of carbonyl (C=O) groups is 2. The molecule has 0 saturated carbocycles. The molecule has 2 atom stereocenters. The minimum absolute atomic E-state index is 0.00681. The number of nitrogens with one attached hydrogen (secondary N) is 1. The van der Waals surface area contributed by atoms with Crippen LogP contribution in [0.5, 0.6) is 5.75 Å². The molecule has 31 heavy (non-hydrogen) atoms. The van der Waals surface area contributed by atoms with Crippen LogP contribution in [0.25, 0.3) is 0 Å². The average molecular weight is 432 g/mol. The number of rotatable bonds is 6. The van der Waals surface area contributed by atoms with E-state index in [1.165, 1.54) is 12.8 Å². The van der Waals surface area contributed by atoms with Crippen LogP contribution in [0.2, 0.25) is 0 Å². The van der Waals surface area contributed by atoms with E-state index >= 15 is 0 Å². The normalized spacial score (nSPS) is 20.9. The SMILES string of the molecule is COc1ccccc1C(CNC(=O)C1CCCN(C(=O)OC(C)(C)C)C1)N1CCCC1. The summed E-state index contributed by atoms with van der Waals surface area (Å²) in [6.45, 7) is 9.19. The number of hydrogen-bond acceptors (Lipinski definition) is 5. The second-order valence-corrected chi connectivity index (χ2v) is 9.51. The van der Waals surface area contributed by atoms with Gasteiger partial charge in [0.05, 0.1) is 19.1 Å². The lowest BCUT2D eigenvalue weighted by Gasteiger charge is -2.34. The maximum atomic E-state index is 13.0. The lowest BCUT2D eigenvalue weighted by molar-refractivity contribution is -0.126. The molecule has 1 aromatic carbocycles. The van der Waals surface area contributed by atoms with Crippen LogP contribution in [-0.2, 0) is 9.53 Å². The lowest BCUT2D eigenvalue weighted by atomic mass is 9.97. The molecule has 1 N–H and O–H groups in total. The second-order valence-electron chi connectivity index (χ2n) is 9.51. The van der Waals surface area contributed by atoms with E-state index in [4.69, 9.17) is 9.47 Å². The molecule has 0 bridgehead atoms. The van der Waals surface area contributed by atoms with Gasteiger partial charge in [-0.15, -0.1) is 0 Å². The standard InChI is InChI=1S/C24H37N3O4/c1-24(2,3)31-23(29)27-15-9-10-18(17-27)22(28)25-16-20(26-13-7-8-14-26)19-11-5-6-12-21(19)30-4/h5-6,11-12,18,20H,7-10,13-17H2,1-4H3,(H,25,28). The van der Waals surface area contributed by atoms with Gasteiger partial charge in [-0.2, -0.15) is 0 Å². The van der Waals surface area contributed by atoms with Gasteiger partial charge in [-0.25, -0.2) is 4.79 Å². The summed E-state index contributed by atoms with van der Waals surface area (Å²) >= 11 is 0. The zero-order valence-electron chi connectivity index (χ0n) is 19.4. The summed E-state index contributed by atoms with van der Waals surface area (Å²) in [6.07, 6.45) is 3.60. The first-order valence-corrected chi connectivity index (χ1v) is 11.4. The molecule has 0 spiro atoms. The summed E-state index contributed by atoms with van der Waals surface area (Å²) in [7, 11) is 1.69. The number of methoxy groups -OCH3 is 1. The molecule has 0 radical (unpaired) electrons. The van der Waals surface area contributed by atoms with Crippen molar-refractivity contribution in [1.29, 1.82) is 0 Å². The molecule has 0 aliphatic carbocycles. The fraction of sp³-hybridized carbons (Fsp3) is 0.667. The summed E-state index contributed by atoms with van der Waals surface area (Å²) in [5, 5.41) is 3.17. The molecular formula is C24H37N3O4. The number of nitrogens with zero attached hydrogens (tertiary/aromatic N) is 2. The van der Waals surface area contributed by atoms with Gasteiger partial charge in [0.1, 0.15) is 11.4 Å². The first-order valence-electron chi connectivity index (χ1n) is 11.4. The summed E-state index contributed by atoms with van der Waals surface area (Å²) in [4.78, 5) is 29.5. The molecule has 7 heteroatoms. The van der Waals surface area contributed by atoms with Crippen molar-refractivity contribution in [2.75, 3.05) is 39.8 Å². The van der Waals surface area contributed by atoms with Gasteiger partial charge in [-0.3, -0.25) is 9.69 Å². The van der Waals surface area contributed by atoms with Crippen molar-refractivity contribution in [3.63, 3.8) is 0 Å². The third-order valence-corrected chi connectivity index (χ3v) is 5.99. The molecule has 0 aromatic heterocycles. The number of piperidine rings is 1. The zero-order valence-corrected chi connectivity index (χ0v) is 19.4. The number of para-hydroxylation sites is 1. The van der Waals surface area contributed by atoms with Crippen LogP contribution in [0.1, 0.15) is 58.1 Å². The Balaban J connectivity index is 1.63.